The maximum Gasteiger partial charge on any atom is 0.397 e. The second-order valence-electron chi connectivity index (χ2n) is 5.30. The van der Waals surface area contributed by atoms with Crippen LogP contribution >= 0.6 is 11.6 Å². The minimum Gasteiger partial charge on any atom is -0.478 e. The van der Waals surface area contributed by atoms with E-state index in [0.29, 0.717) is 10.7 Å². The number of carbonyl (C=O) groups is 2. The van der Waals surface area contributed by atoms with E-state index in [-0.39, 0.29) is 11.4 Å². The van der Waals surface area contributed by atoms with E-state index >= 15 is 0 Å². The molecule has 0 fully saturated rings. The molecule has 9 heteroatoms. The van der Waals surface area contributed by atoms with Crippen LogP contribution in [0.5, 0.6) is 0 Å². The summed E-state index contributed by atoms with van der Waals surface area (Å²) in [5, 5.41) is 11.9. The Morgan fingerprint density at radius 3 is 2.46 bits per heavy atom. The van der Waals surface area contributed by atoms with Gasteiger partial charge in [0.15, 0.2) is 0 Å². The number of carboxylic acid groups (broad SMARTS) is 1. The summed E-state index contributed by atoms with van der Waals surface area (Å²) < 4.78 is 41.3. The van der Waals surface area contributed by atoms with Gasteiger partial charge in [-0.3, -0.25) is 4.79 Å². The van der Waals surface area contributed by atoms with Crippen molar-refractivity contribution in [1.29, 1.82) is 0 Å². The molecule has 3 rings (SSSR count). The first-order valence-corrected chi connectivity index (χ1v) is 7.17. The first-order valence-electron chi connectivity index (χ1n) is 6.79. The first kappa shape index (κ1) is 16.4. The number of halogens is 4. The summed E-state index contributed by atoms with van der Waals surface area (Å²) in [7, 11) is 0. The van der Waals surface area contributed by atoms with Gasteiger partial charge in [0.1, 0.15) is 11.5 Å². The molecule has 0 unspecified atom stereocenters. The molecule has 1 aromatic carbocycles. The lowest BCUT2D eigenvalue weighted by Gasteiger charge is -2.27. The van der Waals surface area contributed by atoms with E-state index in [2.05, 4.69) is 5.32 Å². The monoisotopic (exact) mass is 358 g/mol. The van der Waals surface area contributed by atoms with Crippen LogP contribution < -0.4 is 5.32 Å². The van der Waals surface area contributed by atoms with Gasteiger partial charge in [0.25, 0.3) is 0 Å². The maximum atomic E-state index is 13.4. The van der Waals surface area contributed by atoms with Crippen molar-refractivity contribution >= 4 is 29.2 Å². The summed E-state index contributed by atoms with van der Waals surface area (Å²) in [6.07, 6.45) is -4.42. The Kier molecular flexibility index (Phi) is 3.79. The number of carbonyl (C=O) groups excluding carboxylic acids is 1. The molecule has 0 aliphatic carbocycles. The second kappa shape index (κ2) is 5.55. The maximum absolute atomic E-state index is 13.4. The number of amides is 1. The number of aromatic nitrogens is 1. The van der Waals surface area contributed by atoms with E-state index in [0.717, 1.165) is 10.8 Å². The molecule has 0 saturated heterocycles. The molecule has 126 valence electrons. The van der Waals surface area contributed by atoms with E-state index in [1.54, 1.807) is 0 Å². The Bertz CT molecular complexity index is 828. The molecule has 2 N–H and O–H groups in total. The average Bonchev–Trinajstić information content (AvgIpc) is 2.85. The SMILES string of the molecule is O=C1C[C@H](C(F)(F)F)c2c(c(C(=O)O)cn2-c2ccc(Cl)cc2)N1. The third-order valence-electron chi connectivity index (χ3n) is 3.76. The Morgan fingerprint density at radius 1 is 1.29 bits per heavy atom. The van der Waals surface area contributed by atoms with Crippen LogP contribution in [-0.4, -0.2) is 27.7 Å². The zero-order valence-corrected chi connectivity index (χ0v) is 12.6. The number of nitrogens with one attached hydrogen (secondary N) is 1. The van der Waals surface area contributed by atoms with E-state index < -0.39 is 36.0 Å². The number of carboxylic acids is 1. The van der Waals surface area contributed by atoms with Crippen LogP contribution in [0, 0.1) is 0 Å². The second-order valence-corrected chi connectivity index (χ2v) is 5.74. The standard InChI is InChI=1S/C15H10ClF3N2O3/c16-7-1-3-8(4-2-7)21-6-9(14(23)24)12-13(21)10(15(17,18)19)5-11(22)20-12/h1-4,6,10H,5H2,(H,20,22)(H,23,24)/t10-/m0/s1. The zero-order chi connectivity index (χ0) is 17.6. The predicted molar refractivity (Wildman–Crippen MR) is 79.8 cm³/mol. The predicted octanol–water partition coefficient (Wildman–Crippen LogP) is 3.82. The zero-order valence-electron chi connectivity index (χ0n) is 11.9. The lowest BCUT2D eigenvalue weighted by atomic mass is 9.94. The van der Waals surface area contributed by atoms with Crippen molar-refractivity contribution in [2.45, 2.75) is 18.5 Å². The number of hydrogen-bond acceptors (Lipinski definition) is 2. The fraction of sp³-hybridized carbons (Fsp3) is 0.200. The number of anilines is 1. The molecule has 2 heterocycles. The van der Waals surface area contributed by atoms with Gasteiger partial charge < -0.3 is 15.0 Å². The summed E-state index contributed by atoms with van der Waals surface area (Å²) in [6, 6.07) is 5.90. The van der Waals surface area contributed by atoms with Gasteiger partial charge in [-0.25, -0.2) is 4.79 Å². The number of rotatable bonds is 2. The quantitative estimate of drug-likeness (QED) is 0.857. The van der Waals surface area contributed by atoms with Gasteiger partial charge >= 0.3 is 12.1 Å². The summed E-state index contributed by atoms with van der Waals surface area (Å²) in [6.45, 7) is 0. The molecule has 5 nitrogen and oxygen atoms in total. The summed E-state index contributed by atoms with van der Waals surface area (Å²) in [4.78, 5) is 23.0. The molecule has 2 aromatic rings. The molecule has 1 aromatic heterocycles. The van der Waals surface area contributed by atoms with Gasteiger partial charge in [0.05, 0.1) is 11.4 Å². The topological polar surface area (TPSA) is 71.3 Å². The normalized spacial score (nSPS) is 17.3. The molecule has 0 radical (unpaired) electrons. The summed E-state index contributed by atoms with van der Waals surface area (Å²) in [5.41, 5.74) is -0.714. The lowest BCUT2D eigenvalue weighted by molar-refractivity contribution is -0.157. The van der Waals surface area contributed by atoms with Gasteiger partial charge in [-0.05, 0) is 24.3 Å². The highest BCUT2D eigenvalue weighted by Gasteiger charge is 2.48. The van der Waals surface area contributed by atoms with Crippen molar-refractivity contribution in [3.8, 4) is 5.69 Å². The Balaban J connectivity index is 2.28. The van der Waals surface area contributed by atoms with Crippen LogP contribution in [0.4, 0.5) is 18.9 Å². The van der Waals surface area contributed by atoms with Crippen LogP contribution in [0.2, 0.25) is 5.02 Å². The molecule has 0 saturated carbocycles. The van der Waals surface area contributed by atoms with Gasteiger partial charge in [0.2, 0.25) is 5.91 Å². The number of hydrogen-bond donors (Lipinski definition) is 2. The fourth-order valence-corrected chi connectivity index (χ4v) is 2.84. The molecule has 0 bridgehead atoms. The molecule has 24 heavy (non-hydrogen) atoms. The Labute approximate surface area is 138 Å². The molecule has 1 aliphatic rings. The number of alkyl halides is 3. The van der Waals surface area contributed by atoms with Crippen LogP contribution in [0.3, 0.4) is 0 Å². The summed E-state index contributed by atoms with van der Waals surface area (Å²) >= 11 is 5.78. The van der Waals surface area contributed by atoms with Gasteiger partial charge in [0, 0.05) is 23.3 Å². The Hall–Kier alpha value is -2.48. The van der Waals surface area contributed by atoms with Crippen molar-refractivity contribution in [2.75, 3.05) is 5.32 Å². The van der Waals surface area contributed by atoms with E-state index in [1.807, 2.05) is 0 Å². The van der Waals surface area contributed by atoms with Gasteiger partial charge in [-0.2, -0.15) is 13.2 Å². The number of nitrogens with zero attached hydrogens (tertiary/aromatic N) is 1. The lowest BCUT2D eigenvalue weighted by Crippen LogP contribution is -2.33. The third kappa shape index (κ3) is 2.73. The smallest absolute Gasteiger partial charge is 0.397 e. The summed E-state index contributed by atoms with van der Waals surface area (Å²) in [5.74, 6) is -4.40. The van der Waals surface area contributed by atoms with Crippen molar-refractivity contribution in [1.82, 2.24) is 4.57 Å². The van der Waals surface area contributed by atoms with E-state index in [4.69, 9.17) is 11.6 Å². The molecule has 1 atom stereocenters. The number of aromatic carboxylic acids is 1. The molecular weight excluding hydrogens is 349 g/mol. The molecular formula is C15H10ClF3N2O3. The van der Waals surface area contributed by atoms with Gasteiger partial charge in [-0.15, -0.1) is 0 Å². The Morgan fingerprint density at radius 2 is 1.92 bits per heavy atom. The van der Waals surface area contributed by atoms with E-state index in [9.17, 15) is 27.9 Å². The molecule has 1 amide bonds. The van der Waals surface area contributed by atoms with Gasteiger partial charge in [-0.1, -0.05) is 11.6 Å². The highest BCUT2D eigenvalue weighted by molar-refractivity contribution is 6.30. The largest absolute Gasteiger partial charge is 0.478 e. The number of fused-ring (bicyclic) bond motifs is 1. The van der Waals surface area contributed by atoms with Crippen molar-refractivity contribution in [3.05, 3.63) is 46.7 Å². The molecule has 0 spiro atoms. The minimum absolute atomic E-state index is 0.304. The van der Waals surface area contributed by atoms with Crippen molar-refractivity contribution in [2.24, 2.45) is 0 Å². The molecule has 1 aliphatic heterocycles. The highest BCUT2D eigenvalue weighted by Crippen LogP contribution is 2.46. The highest BCUT2D eigenvalue weighted by atomic mass is 35.5. The van der Waals surface area contributed by atoms with Crippen LogP contribution in [-0.2, 0) is 4.79 Å². The van der Waals surface area contributed by atoms with E-state index in [1.165, 1.54) is 24.3 Å². The third-order valence-corrected chi connectivity index (χ3v) is 4.01. The van der Waals surface area contributed by atoms with Crippen LogP contribution in [0.1, 0.15) is 28.4 Å². The van der Waals surface area contributed by atoms with Crippen LogP contribution in [0.25, 0.3) is 5.69 Å². The fourth-order valence-electron chi connectivity index (χ4n) is 2.72. The average molecular weight is 359 g/mol. The van der Waals surface area contributed by atoms with Crippen LogP contribution in [0.15, 0.2) is 30.5 Å². The van der Waals surface area contributed by atoms with Crippen molar-refractivity contribution < 1.29 is 27.9 Å². The van der Waals surface area contributed by atoms with Crippen molar-refractivity contribution in [3.63, 3.8) is 0 Å². The minimum atomic E-state index is -4.69. The number of benzene rings is 1. The first-order chi connectivity index (χ1) is 11.2.